The van der Waals surface area contributed by atoms with Gasteiger partial charge in [-0.05, 0) is 37.0 Å². The first-order chi connectivity index (χ1) is 8.29. The van der Waals surface area contributed by atoms with Crippen LogP contribution in [0, 0.1) is 17.2 Å². The molecule has 0 saturated heterocycles. The number of nitriles is 1. The van der Waals surface area contributed by atoms with Gasteiger partial charge in [-0.1, -0.05) is 35.2 Å². The van der Waals surface area contributed by atoms with Crippen LogP contribution in [0.25, 0.3) is 0 Å². The maximum Gasteiger partial charge on any atom is 0.101 e. The maximum atomic E-state index is 9.04. The van der Waals surface area contributed by atoms with Crippen LogP contribution in [0.3, 0.4) is 0 Å². The van der Waals surface area contributed by atoms with Crippen molar-refractivity contribution in [2.24, 2.45) is 5.92 Å². The average molecular weight is 293 g/mol. The summed E-state index contributed by atoms with van der Waals surface area (Å²) >= 11 is 3.44. The van der Waals surface area contributed by atoms with Gasteiger partial charge in [-0.25, -0.2) is 0 Å². The van der Waals surface area contributed by atoms with Crippen molar-refractivity contribution in [3.63, 3.8) is 0 Å². The standard InChI is InChI=1S/C14H17BrN2/c15-13-7-6-12(9-16)14(8-13)17-10-11-4-2-1-3-5-11/h6-8,11,17H,1-5,10H2. The number of benzene rings is 1. The van der Waals surface area contributed by atoms with Crippen LogP contribution < -0.4 is 5.32 Å². The molecule has 0 atom stereocenters. The van der Waals surface area contributed by atoms with E-state index in [1.807, 2.05) is 18.2 Å². The minimum absolute atomic E-state index is 0.726. The maximum absolute atomic E-state index is 9.04. The first-order valence-electron chi connectivity index (χ1n) is 6.23. The second-order valence-corrected chi connectivity index (χ2v) is 5.60. The highest BCUT2D eigenvalue weighted by atomic mass is 79.9. The molecule has 1 aliphatic carbocycles. The molecule has 1 N–H and O–H groups in total. The van der Waals surface area contributed by atoms with Gasteiger partial charge in [-0.15, -0.1) is 0 Å². The summed E-state index contributed by atoms with van der Waals surface area (Å²) < 4.78 is 1.02. The molecule has 0 amide bonds. The monoisotopic (exact) mass is 292 g/mol. The molecule has 1 aromatic rings. The Kier molecular flexibility index (Phi) is 4.44. The summed E-state index contributed by atoms with van der Waals surface area (Å²) in [6, 6.07) is 7.98. The van der Waals surface area contributed by atoms with Gasteiger partial charge in [0.1, 0.15) is 6.07 Å². The minimum Gasteiger partial charge on any atom is -0.384 e. The van der Waals surface area contributed by atoms with E-state index in [1.54, 1.807) is 0 Å². The molecule has 0 unspecified atom stereocenters. The molecule has 1 saturated carbocycles. The first kappa shape index (κ1) is 12.4. The summed E-state index contributed by atoms with van der Waals surface area (Å²) in [5.74, 6) is 0.772. The third-order valence-corrected chi connectivity index (χ3v) is 3.90. The van der Waals surface area contributed by atoms with Crippen LogP contribution in [0.2, 0.25) is 0 Å². The van der Waals surface area contributed by atoms with Crippen LogP contribution in [0.1, 0.15) is 37.7 Å². The average Bonchev–Trinajstić information content (AvgIpc) is 2.38. The highest BCUT2D eigenvalue weighted by molar-refractivity contribution is 9.10. The van der Waals surface area contributed by atoms with Crippen LogP contribution in [0.5, 0.6) is 0 Å². The molecule has 0 radical (unpaired) electrons. The van der Waals surface area contributed by atoms with Crippen molar-refractivity contribution in [3.8, 4) is 6.07 Å². The van der Waals surface area contributed by atoms with Crippen molar-refractivity contribution in [1.29, 1.82) is 5.26 Å². The Labute approximate surface area is 111 Å². The highest BCUT2D eigenvalue weighted by Crippen LogP contribution is 2.26. The Balaban J connectivity index is 1.98. The fraction of sp³-hybridized carbons (Fsp3) is 0.500. The summed E-state index contributed by atoms with van der Waals surface area (Å²) in [4.78, 5) is 0. The summed E-state index contributed by atoms with van der Waals surface area (Å²) in [6.07, 6.45) is 6.74. The van der Waals surface area contributed by atoms with E-state index in [-0.39, 0.29) is 0 Å². The Morgan fingerprint density at radius 3 is 2.76 bits per heavy atom. The molecule has 90 valence electrons. The smallest absolute Gasteiger partial charge is 0.101 e. The molecule has 17 heavy (non-hydrogen) atoms. The molecule has 1 aliphatic rings. The lowest BCUT2D eigenvalue weighted by Gasteiger charge is -2.22. The van der Waals surface area contributed by atoms with Crippen molar-refractivity contribution in [3.05, 3.63) is 28.2 Å². The van der Waals surface area contributed by atoms with Crippen molar-refractivity contribution in [1.82, 2.24) is 0 Å². The van der Waals surface area contributed by atoms with E-state index < -0.39 is 0 Å². The molecule has 0 aliphatic heterocycles. The molecule has 0 aromatic heterocycles. The van der Waals surface area contributed by atoms with E-state index >= 15 is 0 Å². The van der Waals surface area contributed by atoms with E-state index in [0.29, 0.717) is 0 Å². The van der Waals surface area contributed by atoms with Crippen LogP contribution in [0.4, 0.5) is 5.69 Å². The highest BCUT2D eigenvalue weighted by Gasteiger charge is 2.13. The zero-order chi connectivity index (χ0) is 12.1. The Bertz CT molecular complexity index is 417. The molecule has 1 aromatic carbocycles. The molecular weight excluding hydrogens is 276 g/mol. The summed E-state index contributed by atoms with van der Waals surface area (Å²) in [6.45, 7) is 0.991. The lowest BCUT2D eigenvalue weighted by Crippen LogP contribution is -2.17. The van der Waals surface area contributed by atoms with Gasteiger partial charge in [0.25, 0.3) is 0 Å². The number of anilines is 1. The van der Waals surface area contributed by atoms with Crippen LogP contribution >= 0.6 is 15.9 Å². The van der Waals surface area contributed by atoms with E-state index in [2.05, 4.69) is 27.3 Å². The fourth-order valence-electron chi connectivity index (χ4n) is 2.41. The van der Waals surface area contributed by atoms with E-state index in [1.165, 1.54) is 32.1 Å². The van der Waals surface area contributed by atoms with Gasteiger partial charge in [0.05, 0.1) is 11.3 Å². The molecular formula is C14H17BrN2. The third kappa shape index (κ3) is 3.47. The van der Waals surface area contributed by atoms with Gasteiger partial charge in [0.15, 0.2) is 0 Å². The topological polar surface area (TPSA) is 35.8 Å². The number of rotatable bonds is 3. The molecule has 0 spiro atoms. The van der Waals surface area contributed by atoms with Crippen molar-refractivity contribution >= 4 is 21.6 Å². The van der Waals surface area contributed by atoms with E-state index in [4.69, 9.17) is 5.26 Å². The second-order valence-electron chi connectivity index (χ2n) is 4.69. The van der Waals surface area contributed by atoms with Crippen molar-refractivity contribution < 1.29 is 0 Å². The summed E-state index contributed by atoms with van der Waals surface area (Å²) in [7, 11) is 0. The molecule has 1 fully saturated rings. The second kappa shape index (κ2) is 6.07. The normalized spacial score (nSPS) is 16.5. The zero-order valence-electron chi connectivity index (χ0n) is 9.88. The number of nitrogens with one attached hydrogen (secondary N) is 1. The zero-order valence-corrected chi connectivity index (χ0v) is 11.5. The van der Waals surface area contributed by atoms with Gasteiger partial charge in [-0.3, -0.25) is 0 Å². The van der Waals surface area contributed by atoms with Crippen LogP contribution in [-0.2, 0) is 0 Å². The predicted octanol–water partition coefficient (Wildman–Crippen LogP) is 4.31. The number of nitrogens with zero attached hydrogens (tertiary/aromatic N) is 1. The van der Waals surface area contributed by atoms with E-state index in [9.17, 15) is 0 Å². The summed E-state index contributed by atoms with van der Waals surface area (Å²) in [5.41, 5.74) is 1.68. The largest absolute Gasteiger partial charge is 0.384 e. The van der Waals surface area contributed by atoms with Crippen LogP contribution in [-0.4, -0.2) is 6.54 Å². The van der Waals surface area contributed by atoms with E-state index in [0.717, 1.165) is 28.2 Å². The molecule has 2 rings (SSSR count). The van der Waals surface area contributed by atoms with Gasteiger partial charge < -0.3 is 5.32 Å². The molecule has 0 heterocycles. The third-order valence-electron chi connectivity index (χ3n) is 3.41. The first-order valence-corrected chi connectivity index (χ1v) is 7.02. The Morgan fingerprint density at radius 2 is 2.06 bits per heavy atom. The lowest BCUT2D eigenvalue weighted by atomic mass is 9.89. The predicted molar refractivity (Wildman–Crippen MR) is 73.9 cm³/mol. The number of hydrogen-bond acceptors (Lipinski definition) is 2. The van der Waals surface area contributed by atoms with Gasteiger partial charge in [0.2, 0.25) is 0 Å². The van der Waals surface area contributed by atoms with Crippen molar-refractivity contribution in [2.75, 3.05) is 11.9 Å². The number of halogens is 1. The summed E-state index contributed by atoms with van der Waals surface area (Å²) in [5, 5.41) is 12.5. The molecule has 0 bridgehead atoms. The quantitative estimate of drug-likeness (QED) is 0.901. The molecule has 2 nitrogen and oxygen atoms in total. The van der Waals surface area contributed by atoms with Gasteiger partial charge >= 0.3 is 0 Å². The Hall–Kier alpha value is -1.01. The van der Waals surface area contributed by atoms with Crippen LogP contribution in [0.15, 0.2) is 22.7 Å². The van der Waals surface area contributed by atoms with Crippen molar-refractivity contribution in [2.45, 2.75) is 32.1 Å². The van der Waals surface area contributed by atoms with Gasteiger partial charge in [0, 0.05) is 11.0 Å². The van der Waals surface area contributed by atoms with Gasteiger partial charge in [-0.2, -0.15) is 5.26 Å². The fourth-order valence-corrected chi connectivity index (χ4v) is 2.77. The molecule has 3 heteroatoms. The Morgan fingerprint density at radius 1 is 1.29 bits per heavy atom. The lowest BCUT2D eigenvalue weighted by molar-refractivity contribution is 0.373. The minimum atomic E-state index is 0.726. The number of hydrogen-bond donors (Lipinski definition) is 1. The SMILES string of the molecule is N#Cc1ccc(Br)cc1NCC1CCCCC1.